The minimum Gasteiger partial charge on any atom is -0.496 e. The van der Waals surface area contributed by atoms with Crippen molar-refractivity contribution >= 4 is 0 Å². The molecule has 0 heterocycles. The molecule has 0 bridgehead atoms. The zero-order chi connectivity index (χ0) is 15.7. The van der Waals surface area contributed by atoms with Gasteiger partial charge in [-0.3, -0.25) is 0 Å². The first kappa shape index (κ1) is 17.9. The molecular weight excluding hydrogens is 273 g/mol. The van der Waals surface area contributed by atoms with E-state index in [1.807, 2.05) is 0 Å². The Morgan fingerprint density at radius 1 is 1.29 bits per heavy atom. The maximum Gasteiger partial charge on any atom is 0.132 e. The summed E-state index contributed by atoms with van der Waals surface area (Å²) >= 11 is 0. The van der Waals surface area contributed by atoms with Gasteiger partial charge in [-0.2, -0.15) is 0 Å². The fourth-order valence-corrected chi connectivity index (χ4v) is 2.33. The number of rotatable bonds is 10. The number of hydrogen-bond acceptors (Lipinski definition) is 4. The molecule has 0 aliphatic rings. The zero-order valence-electron chi connectivity index (χ0n) is 12.9. The van der Waals surface area contributed by atoms with Crippen LogP contribution in [0.2, 0.25) is 0 Å². The van der Waals surface area contributed by atoms with Gasteiger partial charge in [0.1, 0.15) is 11.6 Å². The molecule has 0 spiro atoms. The molecule has 0 amide bonds. The van der Waals surface area contributed by atoms with Crippen molar-refractivity contribution in [2.45, 2.75) is 32.3 Å². The highest BCUT2D eigenvalue weighted by Crippen LogP contribution is 2.29. The largest absolute Gasteiger partial charge is 0.496 e. The molecule has 0 aliphatic carbocycles. The standard InChI is InChI=1S/C16H26FNO3/c1-3-4-9-18(11-12-19)10-8-14(20)16-13(17)6-5-7-15(16)21-2/h5-7,14,19-20H,3-4,8-12H2,1-2H3. The molecule has 120 valence electrons. The van der Waals surface area contributed by atoms with E-state index in [4.69, 9.17) is 9.84 Å². The molecule has 1 atom stereocenters. The summed E-state index contributed by atoms with van der Waals surface area (Å²) < 4.78 is 19.0. The van der Waals surface area contributed by atoms with Gasteiger partial charge in [-0.05, 0) is 31.5 Å². The first-order valence-electron chi connectivity index (χ1n) is 7.47. The molecule has 4 nitrogen and oxygen atoms in total. The van der Waals surface area contributed by atoms with Crippen LogP contribution in [0.25, 0.3) is 0 Å². The summed E-state index contributed by atoms with van der Waals surface area (Å²) in [6.45, 7) is 4.25. The number of ether oxygens (including phenoxy) is 1. The number of benzene rings is 1. The van der Waals surface area contributed by atoms with Gasteiger partial charge in [0.25, 0.3) is 0 Å². The molecule has 1 aromatic carbocycles. The van der Waals surface area contributed by atoms with Gasteiger partial charge in [0.05, 0.1) is 25.4 Å². The minimum atomic E-state index is -0.913. The van der Waals surface area contributed by atoms with Crippen molar-refractivity contribution in [3.8, 4) is 5.75 Å². The van der Waals surface area contributed by atoms with E-state index in [9.17, 15) is 9.50 Å². The number of aliphatic hydroxyl groups is 2. The lowest BCUT2D eigenvalue weighted by Crippen LogP contribution is -2.30. The van der Waals surface area contributed by atoms with E-state index in [0.29, 0.717) is 25.3 Å². The first-order valence-corrected chi connectivity index (χ1v) is 7.47. The van der Waals surface area contributed by atoms with Crippen molar-refractivity contribution in [3.63, 3.8) is 0 Å². The molecule has 5 heteroatoms. The Balaban J connectivity index is 2.65. The molecule has 0 aromatic heterocycles. The van der Waals surface area contributed by atoms with Gasteiger partial charge in [-0.25, -0.2) is 4.39 Å². The SMILES string of the molecule is CCCCN(CCO)CCC(O)c1c(F)cccc1OC. The third kappa shape index (κ3) is 5.61. The van der Waals surface area contributed by atoms with E-state index >= 15 is 0 Å². The maximum absolute atomic E-state index is 13.9. The highest BCUT2D eigenvalue weighted by Gasteiger charge is 2.19. The lowest BCUT2D eigenvalue weighted by atomic mass is 10.0. The fraction of sp³-hybridized carbons (Fsp3) is 0.625. The summed E-state index contributed by atoms with van der Waals surface area (Å²) in [5.41, 5.74) is 0.208. The van der Waals surface area contributed by atoms with Gasteiger partial charge in [-0.1, -0.05) is 19.4 Å². The quantitative estimate of drug-likeness (QED) is 0.696. The number of halogens is 1. The van der Waals surface area contributed by atoms with E-state index in [1.54, 1.807) is 12.1 Å². The van der Waals surface area contributed by atoms with Gasteiger partial charge in [-0.15, -0.1) is 0 Å². The average molecular weight is 299 g/mol. The molecule has 0 saturated heterocycles. The second-order valence-electron chi connectivity index (χ2n) is 5.08. The van der Waals surface area contributed by atoms with Crippen LogP contribution in [0.15, 0.2) is 18.2 Å². The first-order chi connectivity index (χ1) is 10.1. The predicted molar refractivity (Wildman–Crippen MR) is 81.0 cm³/mol. The van der Waals surface area contributed by atoms with Crippen LogP contribution in [0.5, 0.6) is 5.75 Å². The second kappa shape index (κ2) is 9.71. The third-order valence-corrected chi connectivity index (χ3v) is 3.53. The summed E-state index contributed by atoms with van der Waals surface area (Å²) in [7, 11) is 1.46. The molecule has 2 N–H and O–H groups in total. The summed E-state index contributed by atoms with van der Waals surface area (Å²) in [5, 5.41) is 19.3. The Bertz CT molecular complexity index is 415. The molecule has 0 radical (unpaired) electrons. The van der Waals surface area contributed by atoms with E-state index in [0.717, 1.165) is 19.4 Å². The van der Waals surface area contributed by atoms with Crippen LogP contribution in [0, 0.1) is 5.82 Å². The summed E-state index contributed by atoms with van der Waals surface area (Å²) in [5.74, 6) is -0.0890. The Hall–Kier alpha value is -1.17. The summed E-state index contributed by atoms with van der Waals surface area (Å²) in [6.07, 6.45) is 1.61. The number of aliphatic hydroxyl groups excluding tert-OH is 2. The Labute approximate surface area is 126 Å². The van der Waals surface area contributed by atoms with Gasteiger partial charge in [0.15, 0.2) is 0 Å². The van der Waals surface area contributed by atoms with Crippen LogP contribution in [-0.2, 0) is 0 Å². The highest BCUT2D eigenvalue weighted by atomic mass is 19.1. The Morgan fingerprint density at radius 2 is 2.05 bits per heavy atom. The van der Waals surface area contributed by atoms with Crippen molar-refractivity contribution in [2.75, 3.05) is 33.4 Å². The van der Waals surface area contributed by atoms with Crippen LogP contribution < -0.4 is 4.74 Å². The van der Waals surface area contributed by atoms with Crippen LogP contribution in [0.1, 0.15) is 37.9 Å². The van der Waals surface area contributed by atoms with E-state index < -0.39 is 11.9 Å². The van der Waals surface area contributed by atoms with Crippen molar-refractivity contribution < 1.29 is 19.3 Å². The Kier molecular flexibility index (Phi) is 8.27. The third-order valence-electron chi connectivity index (χ3n) is 3.53. The van der Waals surface area contributed by atoms with Crippen molar-refractivity contribution in [1.29, 1.82) is 0 Å². The second-order valence-corrected chi connectivity index (χ2v) is 5.08. The molecule has 1 rings (SSSR count). The van der Waals surface area contributed by atoms with Crippen LogP contribution in [0.4, 0.5) is 4.39 Å². The minimum absolute atomic E-state index is 0.0861. The van der Waals surface area contributed by atoms with Crippen LogP contribution in [-0.4, -0.2) is 48.5 Å². The monoisotopic (exact) mass is 299 g/mol. The average Bonchev–Trinajstić information content (AvgIpc) is 2.49. The molecule has 0 fully saturated rings. The Morgan fingerprint density at radius 3 is 2.67 bits per heavy atom. The van der Waals surface area contributed by atoms with Gasteiger partial charge in [0.2, 0.25) is 0 Å². The van der Waals surface area contributed by atoms with Crippen LogP contribution in [0.3, 0.4) is 0 Å². The molecule has 0 saturated carbocycles. The van der Waals surface area contributed by atoms with Gasteiger partial charge in [0, 0.05) is 13.1 Å². The molecule has 0 aliphatic heterocycles. The lowest BCUT2D eigenvalue weighted by Gasteiger charge is -2.23. The van der Waals surface area contributed by atoms with E-state index in [-0.39, 0.29) is 12.2 Å². The summed E-state index contributed by atoms with van der Waals surface area (Å²) in [4.78, 5) is 2.08. The molecule has 21 heavy (non-hydrogen) atoms. The van der Waals surface area contributed by atoms with Gasteiger partial charge < -0.3 is 19.8 Å². The molecular formula is C16H26FNO3. The number of nitrogens with zero attached hydrogens (tertiary/aromatic N) is 1. The molecule has 1 aromatic rings. The van der Waals surface area contributed by atoms with Crippen molar-refractivity contribution in [3.05, 3.63) is 29.6 Å². The fourth-order valence-electron chi connectivity index (χ4n) is 2.33. The van der Waals surface area contributed by atoms with Crippen molar-refractivity contribution in [2.24, 2.45) is 0 Å². The highest BCUT2D eigenvalue weighted by molar-refractivity contribution is 5.36. The summed E-state index contributed by atoms with van der Waals surface area (Å²) in [6, 6.07) is 4.53. The predicted octanol–water partition coefficient (Wildman–Crippen LogP) is 2.35. The lowest BCUT2D eigenvalue weighted by molar-refractivity contribution is 0.125. The maximum atomic E-state index is 13.9. The zero-order valence-corrected chi connectivity index (χ0v) is 12.9. The molecule has 1 unspecified atom stereocenters. The number of unbranched alkanes of at least 4 members (excludes halogenated alkanes) is 1. The normalized spacial score (nSPS) is 12.7. The van der Waals surface area contributed by atoms with Crippen LogP contribution >= 0.6 is 0 Å². The van der Waals surface area contributed by atoms with Crippen molar-refractivity contribution in [1.82, 2.24) is 4.90 Å². The topological polar surface area (TPSA) is 52.9 Å². The number of hydrogen-bond donors (Lipinski definition) is 2. The smallest absolute Gasteiger partial charge is 0.132 e. The van der Waals surface area contributed by atoms with E-state index in [2.05, 4.69) is 11.8 Å². The van der Waals surface area contributed by atoms with E-state index in [1.165, 1.54) is 13.2 Å². The van der Waals surface area contributed by atoms with Gasteiger partial charge >= 0.3 is 0 Å². The number of methoxy groups -OCH3 is 1.